The Hall–Kier alpha value is -3.28. The SMILES string of the molecule is Cc1cc([S+](=O)(O)N2CCc3cc(-c4ccc(C(F)(F)F)cc4)cnc32)ccc1C1=NCON1. The van der Waals surface area contributed by atoms with Gasteiger partial charge in [-0.15, -0.1) is 4.31 Å². The summed E-state index contributed by atoms with van der Waals surface area (Å²) in [5, 5.41) is 0. The molecule has 0 fully saturated rings. The number of nitrogens with zero attached hydrogens (tertiary/aromatic N) is 3. The molecule has 2 aliphatic heterocycles. The Balaban J connectivity index is 1.42. The number of hydrogen-bond acceptors (Lipinski definition) is 5. The maximum Gasteiger partial charge on any atom is 0.416 e. The largest absolute Gasteiger partial charge is 0.416 e. The smallest absolute Gasteiger partial charge is 0.251 e. The Morgan fingerprint density at radius 1 is 1.12 bits per heavy atom. The second-order valence-corrected chi connectivity index (χ2v) is 9.89. The van der Waals surface area contributed by atoms with Crippen LogP contribution in [0.15, 0.2) is 64.6 Å². The van der Waals surface area contributed by atoms with Gasteiger partial charge in [-0.05, 0) is 59.0 Å². The highest BCUT2D eigenvalue weighted by molar-refractivity contribution is 7.99. The van der Waals surface area contributed by atoms with Crippen molar-refractivity contribution >= 4 is 22.1 Å². The molecule has 7 nitrogen and oxygen atoms in total. The number of aryl methyl sites for hydroxylation is 1. The van der Waals surface area contributed by atoms with E-state index in [-0.39, 0.29) is 18.2 Å². The van der Waals surface area contributed by atoms with Crippen LogP contribution < -0.4 is 9.79 Å². The number of fused-ring (bicyclic) bond motifs is 1. The van der Waals surface area contributed by atoms with Gasteiger partial charge in [-0.2, -0.15) is 17.7 Å². The van der Waals surface area contributed by atoms with Gasteiger partial charge in [-0.25, -0.2) is 15.5 Å². The highest BCUT2D eigenvalue weighted by Gasteiger charge is 2.44. The van der Waals surface area contributed by atoms with Gasteiger partial charge >= 0.3 is 16.6 Å². The third-order valence-corrected chi connectivity index (χ3v) is 7.64. The number of halogens is 3. The number of nitrogens with one attached hydrogen (secondary N) is 1. The van der Waals surface area contributed by atoms with Gasteiger partial charge in [-0.1, -0.05) is 12.1 Å². The fourth-order valence-electron chi connectivity index (χ4n) is 4.05. The van der Waals surface area contributed by atoms with Crippen molar-refractivity contribution in [3.05, 3.63) is 77.0 Å². The molecule has 5 rings (SSSR count). The lowest BCUT2D eigenvalue weighted by Crippen LogP contribution is -2.35. The van der Waals surface area contributed by atoms with Gasteiger partial charge in [0.25, 0.3) is 0 Å². The van der Waals surface area contributed by atoms with Gasteiger partial charge in [0.2, 0.25) is 4.90 Å². The minimum absolute atomic E-state index is 0.206. The Morgan fingerprint density at radius 3 is 2.53 bits per heavy atom. The number of alkyl halides is 3. The molecule has 176 valence electrons. The van der Waals surface area contributed by atoms with Crippen LogP contribution in [-0.4, -0.2) is 28.6 Å². The van der Waals surface area contributed by atoms with E-state index in [1.807, 2.05) is 6.92 Å². The van der Waals surface area contributed by atoms with Crippen LogP contribution in [0, 0.1) is 6.92 Å². The van der Waals surface area contributed by atoms with Crippen molar-refractivity contribution in [3.63, 3.8) is 0 Å². The van der Waals surface area contributed by atoms with Crippen LogP contribution in [-0.2, 0) is 32.0 Å². The van der Waals surface area contributed by atoms with Crippen LogP contribution in [0.3, 0.4) is 0 Å². The molecule has 0 saturated carbocycles. The number of hydroxylamine groups is 1. The Labute approximate surface area is 194 Å². The van der Waals surface area contributed by atoms with Crippen LogP contribution in [0.5, 0.6) is 0 Å². The number of anilines is 1. The first-order chi connectivity index (χ1) is 16.1. The van der Waals surface area contributed by atoms with Crippen LogP contribution >= 0.6 is 0 Å². The van der Waals surface area contributed by atoms with Gasteiger partial charge < -0.3 is 0 Å². The second-order valence-electron chi connectivity index (χ2n) is 7.99. The van der Waals surface area contributed by atoms with Gasteiger partial charge in [0.05, 0.1) is 12.1 Å². The summed E-state index contributed by atoms with van der Waals surface area (Å²) in [6.07, 6.45) is -2.40. The van der Waals surface area contributed by atoms with Crippen molar-refractivity contribution in [2.45, 2.75) is 24.4 Å². The number of benzene rings is 2. The minimum Gasteiger partial charge on any atom is -0.251 e. The Kier molecular flexibility index (Phi) is 5.42. The predicted molar refractivity (Wildman–Crippen MR) is 121 cm³/mol. The van der Waals surface area contributed by atoms with E-state index in [0.717, 1.165) is 28.8 Å². The van der Waals surface area contributed by atoms with Crippen molar-refractivity contribution in [3.8, 4) is 11.1 Å². The van der Waals surface area contributed by atoms with E-state index in [1.165, 1.54) is 22.6 Å². The lowest BCUT2D eigenvalue weighted by atomic mass is 10.0. The van der Waals surface area contributed by atoms with Gasteiger partial charge in [-0.3, -0.25) is 4.84 Å². The average molecular weight is 489 g/mol. The first-order valence-electron chi connectivity index (χ1n) is 10.4. The third-order valence-electron chi connectivity index (χ3n) is 5.82. The van der Waals surface area contributed by atoms with Crippen molar-refractivity contribution in [2.75, 3.05) is 17.6 Å². The molecule has 0 bridgehead atoms. The average Bonchev–Trinajstić information content (AvgIpc) is 3.48. The molecule has 11 heteroatoms. The molecule has 2 aliphatic rings. The van der Waals surface area contributed by atoms with E-state index in [1.54, 1.807) is 24.3 Å². The zero-order valence-electron chi connectivity index (χ0n) is 18.0. The van der Waals surface area contributed by atoms with Crippen molar-refractivity contribution < 1.29 is 26.8 Å². The molecule has 3 heterocycles. The van der Waals surface area contributed by atoms with Crippen LogP contribution in [0.2, 0.25) is 0 Å². The molecular weight excluding hydrogens is 469 g/mol. The van der Waals surface area contributed by atoms with E-state index in [9.17, 15) is 21.9 Å². The summed E-state index contributed by atoms with van der Waals surface area (Å²) in [6, 6.07) is 11.6. The second kappa shape index (κ2) is 8.19. The molecule has 0 amide bonds. The van der Waals surface area contributed by atoms with Crippen LogP contribution in [0.25, 0.3) is 11.1 Å². The molecule has 1 atom stereocenters. The summed E-state index contributed by atoms with van der Waals surface area (Å²) in [7, 11) is -3.61. The first-order valence-corrected chi connectivity index (χ1v) is 11.9. The number of rotatable bonds is 4. The monoisotopic (exact) mass is 489 g/mol. The van der Waals surface area contributed by atoms with Gasteiger partial charge in [0, 0.05) is 29.0 Å². The topological polar surface area (TPSA) is 87.0 Å². The number of aliphatic imine (C=N–C) groups is 1. The third kappa shape index (κ3) is 3.95. The maximum absolute atomic E-state index is 13.5. The van der Waals surface area contributed by atoms with Crippen molar-refractivity contribution in [2.24, 2.45) is 4.99 Å². The molecule has 0 aliphatic carbocycles. The predicted octanol–water partition coefficient (Wildman–Crippen LogP) is 4.62. The molecule has 0 spiro atoms. The highest BCUT2D eigenvalue weighted by Crippen LogP contribution is 2.37. The molecular formula is C23H20F3N4O3S+. The van der Waals surface area contributed by atoms with Crippen molar-refractivity contribution in [1.29, 1.82) is 0 Å². The molecule has 0 saturated heterocycles. The number of amidine groups is 1. The van der Waals surface area contributed by atoms with Crippen LogP contribution in [0.1, 0.15) is 22.3 Å². The summed E-state index contributed by atoms with van der Waals surface area (Å²) >= 11 is 0. The molecule has 2 N–H and O–H groups in total. The lowest BCUT2D eigenvalue weighted by Gasteiger charge is -2.17. The van der Waals surface area contributed by atoms with Crippen LogP contribution in [0.4, 0.5) is 19.0 Å². The molecule has 1 aromatic heterocycles. The summed E-state index contributed by atoms with van der Waals surface area (Å²) in [5.41, 5.74) is 5.52. The fourth-order valence-corrected chi connectivity index (χ4v) is 5.62. The summed E-state index contributed by atoms with van der Waals surface area (Å²) in [4.78, 5) is 13.9. The van der Waals surface area contributed by atoms with E-state index in [2.05, 4.69) is 15.5 Å². The normalized spacial score (nSPS) is 17.2. The Morgan fingerprint density at radius 2 is 1.88 bits per heavy atom. The highest BCUT2D eigenvalue weighted by atomic mass is 32.3. The zero-order valence-corrected chi connectivity index (χ0v) is 18.8. The number of pyridine rings is 1. The Bertz CT molecular complexity index is 1340. The molecule has 1 unspecified atom stereocenters. The lowest BCUT2D eigenvalue weighted by molar-refractivity contribution is -0.137. The minimum atomic E-state index is -4.40. The summed E-state index contributed by atoms with van der Waals surface area (Å²) < 4.78 is 64.4. The van der Waals surface area contributed by atoms with E-state index < -0.39 is 22.1 Å². The quantitative estimate of drug-likeness (QED) is 0.522. The van der Waals surface area contributed by atoms with Crippen molar-refractivity contribution in [1.82, 2.24) is 10.5 Å². The molecule has 0 radical (unpaired) electrons. The molecule has 2 aromatic carbocycles. The number of hydrogen-bond donors (Lipinski definition) is 2. The summed E-state index contributed by atoms with van der Waals surface area (Å²) in [6.45, 7) is 2.32. The molecule has 34 heavy (non-hydrogen) atoms. The van der Waals surface area contributed by atoms with E-state index in [4.69, 9.17) is 4.84 Å². The zero-order chi connectivity index (χ0) is 24.1. The van der Waals surface area contributed by atoms with E-state index >= 15 is 0 Å². The first kappa shape index (κ1) is 22.5. The standard InChI is InChI=1S/C23H19F3N4O3S/c1-14-10-19(6-7-20(14)21-28-13-33-29-21)34(31,32)30-9-8-16-11-17(12-27-22(16)30)15-2-4-18(5-3-15)23(24,25)26/h2-7,10-12H,8-9,13H2,1H3,(H-,28,29,31,32)/p+1. The van der Waals surface area contributed by atoms with Gasteiger partial charge in [0.1, 0.15) is 0 Å². The van der Waals surface area contributed by atoms with Gasteiger partial charge in [0.15, 0.2) is 18.4 Å². The molecule has 3 aromatic rings. The maximum atomic E-state index is 13.5. The number of aromatic nitrogens is 1. The fraction of sp³-hybridized carbons (Fsp3) is 0.217. The summed E-state index contributed by atoms with van der Waals surface area (Å²) in [5.74, 6) is 0.956. The van der Waals surface area contributed by atoms with E-state index in [0.29, 0.717) is 29.2 Å².